The molecular weight excluding hydrogens is 144 g/mol. The molecule has 0 radical (unpaired) electrons. The topological polar surface area (TPSA) is 66.6 Å². The third kappa shape index (κ3) is 1.51. The van der Waals surface area contributed by atoms with Gasteiger partial charge in [0.1, 0.15) is 0 Å². The lowest BCUT2D eigenvalue weighted by atomic mass is 10.1. The summed E-state index contributed by atoms with van der Waals surface area (Å²) in [5.41, 5.74) is 5.18. The second kappa shape index (κ2) is 2.92. The fourth-order valence-electron chi connectivity index (χ4n) is 0.868. The Morgan fingerprint density at radius 3 is 2.45 bits per heavy atom. The van der Waals surface area contributed by atoms with Crippen molar-refractivity contribution < 1.29 is 9.90 Å². The summed E-state index contributed by atoms with van der Waals surface area (Å²) in [5.74, 6) is -0.330. The molecule has 4 nitrogen and oxygen atoms in total. The van der Waals surface area contributed by atoms with Crippen molar-refractivity contribution in [1.29, 1.82) is 0 Å². The first-order valence-corrected chi connectivity index (χ1v) is 3.54. The molecule has 1 aliphatic rings. The van der Waals surface area contributed by atoms with Crippen molar-refractivity contribution in [2.45, 2.75) is 12.5 Å². The number of aliphatic hydroxyl groups is 1. The van der Waals surface area contributed by atoms with Crippen LogP contribution in [0.25, 0.3) is 0 Å². The van der Waals surface area contributed by atoms with Gasteiger partial charge in [0.25, 0.3) is 5.91 Å². The summed E-state index contributed by atoms with van der Waals surface area (Å²) in [4.78, 5) is 12.7. The van der Waals surface area contributed by atoms with Crippen LogP contribution in [0.3, 0.4) is 0 Å². The van der Waals surface area contributed by atoms with Crippen LogP contribution in [0.1, 0.15) is 6.42 Å². The Balaban J connectivity index is 2.45. The van der Waals surface area contributed by atoms with E-state index in [4.69, 9.17) is 10.8 Å². The first-order valence-electron chi connectivity index (χ1n) is 3.54. The second-order valence-electron chi connectivity index (χ2n) is 2.66. The molecule has 3 N–H and O–H groups in total. The van der Waals surface area contributed by atoms with Crippen LogP contribution in [-0.2, 0) is 4.79 Å². The number of likely N-dealkylation sites (tertiary alicyclic amines) is 1. The van der Waals surface area contributed by atoms with Crippen LogP contribution in [0.2, 0.25) is 0 Å². The highest BCUT2D eigenvalue weighted by Gasteiger charge is 2.26. The Kier molecular flexibility index (Phi) is 2.14. The fraction of sp³-hybridized carbons (Fsp3) is 0.571. The van der Waals surface area contributed by atoms with E-state index in [2.05, 4.69) is 6.58 Å². The summed E-state index contributed by atoms with van der Waals surface area (Å²) in [5, 5.41) is 9.11. The van der Waals surface area contributed by atoms with E-state index >= 15 is 0 Å². The quantitative estimate of drug-likeness (QED) is 0.542. The Bertz CT molecular complexity index is 187. The largest absolute Gasteiger partial charge is 0.400 e. The minimum Gasteiger partial charge on any atom is -0.400 e. The van der Waals surface area contributed by atoms with Crippen molar-refractivity contribution in [2.24, 2.45) is 5.73 Å². The van der Waals surface area contributed by atoms with Crippen LogP contribution < -0.4 is 5.73 Å². The molecule has 0 bridgehead atoms. The molecule has 0 aromatic heterocycles. The van der Waals surface area contributed by atoms with Crippen LogP contribution in [-0.4, -0.2) is 35.1 Å². The summed E-state index contributed by atoms with van der Waals surface area (Å²) >= 11 is 0. The highest BCUT2D eigenvalue weighted by molar-refractivity contribution is 5.83. The average molecular weight is 156 g/mol. The van der Waals surface area contributed by atoms with E-state index in [0.29, 0.717) is 0 Å². The molecule has 1 saturated heterocycles. The second-order valence-corrected chi connectivity index (χ2v) is 2.66. The maximum absolute atomic E-state index is 11.1. The number of hydrogen-bond acceptors (Lipinski definition) is 3. The molecule has 0 aromatic rings. The maximum atomic E-state index is 11.1. The van der Waals surface area contributed by atoms with Crippen molar-refractivity contribution >= 4 is 5.91 Å². The number of aliphatic hydroxyl groups excluding tert-OH is 1. The van der Waals surface area contributed by atoms with E-state index in [1.165, 1.54) is 0 Å². The van der Waals surface area contributed by atoms with Crippen molar-refractivity contribution in [3.8, 4) is 0 Å². The third-order valence-corrected chi connectivity index (χ3v) is 1.75. The zero-order chi connectivity index (χ0) is 8.43. The van der Waals surface area contributed by atoms with Crippen molar-refractivity contribution in [1.82, 2.24) is 4.90 Å². The monoisotopic (exact) mass is 156 g/mol. The van der Waals surface area contributed by atoms with Gasteiger partial charge in [-0.1, -0.05) is 6.58 Å². The normalized spacial score (nSPS) is 18.8. The maximum Gasteiger partial charge on any atom is 0.257 e. The van der Waals surface area contributed by atoms with Crippen molar-refractivity contribution in [2.75, 3.05) is 13.1 Å². The summed E-state index contributed by atoms with van der Waals surface area (Å²) in [6.45, 7) is 4.75. The number of rotatable bonds is 2. The lowest BCUT2D eigenvalue weighted by Gasteiger charge is -2.32. The molecular formula is C7H12N2O2. The summed E-state index contributed by atoms with van der Waals surface area (Å²) < 4.78 is 0. The van der Waals surface area contributed by atoms with Gasteiger partial charge in [0.15, 0.2) is 6.10 Å². The molecule has 4 heteroatoms. The number of hydrogen-bond donors (Lipinski definition) is 2. The lowest BCUT2D eigenvalue weighted by molar-refractivity contribution is -0.141. The molecule has 11 heavy (non-hydrogen) atoms. The Morgan fingerprint density at radius 2 is 2.18 bits per heavy atom. The average Bonchev–Trinajstić information content (AvgIpc) is 1.82. The van der Waals surface area contributed by atoms with E-state index in [-0.39, 0.29) is 11.6 Å². The Morgan fingerprint density at radius 1 is 1.64 bits per heavy atom. The number of nitrogens with two attached hydrogens (primary N) is 1. The smallest absolute Gasteiger partial charge is 0.257 e. The molecule has 0 spiro atoms. The number of carbonyl (C=O) groups is 1. The van der Waals surface area contributed by atoms with Crippen LogP contribution >= 0.6 is 0 Å². The van der Waals surface area contributed by atoms with Gasteiger partial charge < -0.3 is 15.7 Å². The molecule has 1 fully saturated rings. The van der Waals surface area contributed by atoms with Crippen LogP contribution in [0, 0.1) is 0 Å². The van der Waals surface area contributed by atoms with Gasteiger partial charge in [0.2, 0.25) is 0 Å². The first kappa shape index (κ1) is 8.07. The minimum absolute atomic E-state index is 0.0156. The molecule has 1 heterocycles. The zero-order valence-corrected chi connectivity index (χ0v) is 6.29. The molecule has 1 amide bonds. The minimum atomic E-state index is -1.21. The van der Waals surface area contributed by atoms with Gasteiger partial charge in [-0.05, 0) is 6.42 Å². The van der Waals surface area contributed by atoms with E-state index in [1.807, 2.05) is 0 Å². The van der Waals surface area contributed by atoms with Crippen LogP contribution in [0.15, 0.2) is 12.3 Å². The highest BCUT2D eigenvalue weighted by Crippen LogP contribution is 2.09. The van der Waals surface area contributed by atoms with E-state index in [0.717, 1.165) is 19.5 Å². The number of carbonyl (C=O) groups excluding carboxylic acids is 1. The van der Waals surface area contributed by atoms with E-state index in [1.54, 1.807) is 4.90 Å². The third-order valence-electron chi connectivity index (χ3n) is 1.75. The molecule has 1 atom stereocenters. The van der Waals surface area contributed by atoms with Gasteiger partial charge in [0.05, 0.1) is 0 Å². The standard InChI is InChI=1S/C7H12N2O2/c1-5(8)6(10)7(11)9-3-2-4-9/h6,10H,1-4,8H2. The zero-order valence-electron chi connectivity index (χ0n) is 6.29. The molecule has 0 aromatic carbocycles. The van der Waals surface area contributed by atoms with Gasteiger partial charge in [-0.2, -0.15) is 0 Å². The Labute approximate surface area is 65.3 Å². The Hall–Kier alpha value is -1.03. The molecule has 1 unspecified atom stereocenters. The van der Waals surface area contributed by atoms with Gasteiger partial charge in [-0.25, -0.2) is 0 Å². The van der Waals surface area contributed by atoms with Gasteiger partial charge >= 0.3 is 0 Å². The molecule has 1 rings (SSSR count). The van der Waals surface area contributed by atoms with Crippen LogP contribution in [0.4, 0.5) is 0 Å². The molecule has 0 aliphatic carbocycles. The van der Waals surface area contributed by atoms with Gasteiger partial charge in [-0.3, -0.25) is 4.79 Å². The lowest BCUT2D eigenvalue weighted by Crippen LogP contribution is -2.48. The highest BCUT2D eigenvalue weighted by atomic mass is 16.3. The van der Waals surface area contributed by atoms with Crippen molar-refractivity contribution in [3.05, 3.63) is 12.3 Å². The van der Waals surface area contributed by atoms with E-state index in [9.17, 15) is 4.79 Å². The van der Waals surface area contributed by atoms with Crippen molar-refractivity contribution in [3.63, 3.8) is 0 Å². The van der Waals surface area contributed by atoms with Gasteiger partial charge in [-0.15, -0.1) is 0 Å². The van der Waals surface area contributed by atoms with Gasteiger partial charge in [0, 0.05) is 18.8 Å². The SMILES string of the molecule is C=C(N)C(O)C(=O)N1CCC1. The summed E-state index contributed by atoms with van der Waals surface area (Å²) in [6.07, 6.45) is -0.203. The molecule has 62 valence electrons. The number of nitrogens with zero attached hydrogens (tertiary/aromatic N) is 1. The molecule has 0 saturated carbocycles. The fourth-order valence-corrected chi connectivity index (χ4v) is 0.868. The predicted molar refractivity (Wildman–Crippen MR) is 40.5 cm³/mol. The van der Waals surface area contributed by atoms with Crippen LogP contribution in [0.5, 0.6) is 0 Å². The first-order chi connectivity index (χ1) is 5.13. The predicted octanol–water partition coefficient (Wildman–Crippen LogP) is -0.948. The summed E-state index contributed by atoms with van der Waals surface area (Å²) in [7, 11) is 0. The molecule has 1 aliphatic heterocycles. The summed E-state index contributed by atoms with van der Waals surface area (Å²) in [6, 6.07) is 0. The van der Waals surface area contributed by atoms with E-state index < -0.39 is 6.10 Å². The number of amides is 1.